The number of carbonyl (C=O) groups excluding carboxylic acids is 1. The highest BCUT2D eigenvalue weighted by Gasteiger charge is 2.46. The zero-order valence-corrected chi connectivity index (χ0v) is 11.8. The van der Waals surface area contributed by atoms with Crippen molar-refractivity contribution in [2.24, 2.45) is 5.41 Å². The zero-order valence-electron chi connectivity index (χ0n) is 11.8. The molecule has 1 heterocycles. The van der Waals surface area contributed by atoms with E-state index < -0.39 is 5.41 Å². The molecule has 0 radical (unpaired) electrons. The van der Waals surface area contributed by atoms with Crippen LogP contribution in [0.4, 0.5) is 0 Å². The van der Waals surface area contributed by atoms with Crippen LogP contribution < -0.4 is 5.32 Å². The van der Waals surface area contributed by atoms with Crippen molar-refractivity contribution < 1.29 is 14.3 Å². The van der Waals surface area contributed by atoms with E-state index >= 15 is 0 Å². The number of methoxy groups -OCH3 is 1. The summed E-state index contributed by atoms with van der Waals surface area (Å²) in [7, 11) is 1.42. The highest BCUT2D eigenvalue weighted by molar-refractivity contribution is 5.78. The molecule has 1 fully saturated rings. The number of hydrogen-bond donors (Lipinski definition) is 1. The molecule has 0 atom stereocenters. The van der Waals surface area contributed by atoms with Crippen LogP contribution in [0.2, 0.25) is 0 Å². The van der Waals surface area contributed by atoms with Crippen molar-refractivity contribution in [1.82, 2.24) is 5.32 Å². The Bertz CT molecular complexity index is 466. The van der Waals surface area contributed by atoms with Crippen LogP contribution in [-0.2, 0) is 20.8 Å². The van der Waals surface area contributed by atoms with Crippen molar-refractivity contribution in [3.63, 3.8) is 0 Å². The van der Waals surface area contributed by atoms with E-state index in [1.54, 1.807) is 0 Å². The molecule has 0 bridgehead atoms. The summed E-state index contributed by atoms with van der Waals surface area (Å²) < 4.78 is 10.0. The van der Waals surface area contributed by atoms with Gasteiger partial charge in [-0.3, -0.25) is 4.79 Å². The molecule has 1 saturated heterocycles. The first kappa shape index (κ1) is 14.0. The van der Waals surface area contributed by atoms with Crippen LogP contribution in [0.15, 0.2) is 18.2 Å². The van der Waals surface area contributed by atoms with Gasteiger partial charge in [-0.25, -0.2) is 0 Å². The number of nitrogens with one attached hydrogen (secondary N) is 1. The second-order valence-electron chi connectivity index (χ2n) is 5.30. The van der Waals surface area contributed by atoms with E-state index in [0.29, 0.717) is 19.8 Å². The monoisotopic (exact) mass is 263 g/mol. The summed E-state index contributed by atoms with van der Waals surface area (Å²) in [6, 6.07) is 6.39. The van der Waals surface area contributed by atoms with Gasteiger partial charge < -0.3 is 14.8 Å². The molecule has 2 rings (SSSR count). The molecule has 0 saturated carbocycles. The molecule has 0 amide bonds. The number of rotatable bonds is 5. The van der Waals surface area contributed by atoms with E-state index in [4.69, 9.17) is 9.47 Å². The van der Waals surface area contributed by atoms with Crippen molar-refractivity contribution in [1.29, 1.82) is 0 Å². The molecule has 0 aliphatic carbocycles. The Morgan fingerprint density at radius 1 is 1.42 bits per heavy atom. The standard InChI is InChI=1S/C15H21NO3/c1-11-4-5-13(12(2)6-11)7-16-8-15(9-19-10-15)14(17)18-3/h4-6,16H,7-10H2,1-3H3. The smallest absolute Gasteiger partial charge is 0.317 e. The molecule has 1 aromatic rings. The van der Waals surface area contributed by atoms with Crippen LogP contribution in [0.5, 0.6) is 0 Å². The lowest BCUT2D eigenvalue weighted by atomic mass is 9.86. The van der Waals surface area contributed by atoms with Gasteiger partial charge in [0, 0.05) is 13.1 Å². The summed E-state index contributed by atoms with van der Waals surface area (Å²) >= 11 is 0. The topological polar surface area (TPSA) is 47.6 Å². The van der Waals surface area contributed by atoms with Crippen LogP contribution >= 0.6 is 0 Å². The summed E-state index contributed by atoms with van der Waals surface area (Å²) in [5.41, 5.74) is 3.29. The van der Waals surface area contributed by atoms with Gasteiger partial charge in [0.25, 0.3) is 0 Å². The zero-order chi connectivity index (χ0) is 13.9. The number of carbonyl (C=O) groups is 1. The Morgan fingerprint density at radius 3 is 2.68 bits per heavy atom. The molecule has 1 N–H and O–H groups in total. The largest absolute Gasteiger partial charge is 0.468 e. The van der Waals surface area contributed by atoms with E-state index in [1.807, 2.05) is 0 Å². The van der Waals surface area contributed by atoms with Gasteiger partial charge in [0.1, 0.15) is 5.41 Å². The number of aryl methyl sites for hydroxylation is 2. The number of esters is 1. The van der Waals surface area contributed by atoms with Crippen LogP contribution in [0.1, 0.15) is 16.7 Å². The molecule has 4 heteroatoms. The third-order valence-electron chi connectivity index (χ3n) is 3.65. The second kappa shape index (κ2) is 5.72. The summed E-state index contributed by atoms with van der Waals surface area (Å²) in [4.78, 5) is 11.7. The van der Waals surface area contributed by atoms with Crippen LogP contribution in [-0.4, -0.2) is 32.8 Å². The molecule has 0 aromatic heterocycles. The fourth-order valence-electron chi connectivity index (χ4n) is 2.34. The van der Waals surface area contributed by atoms with E-state index in [1.165, 1.54) is 23.8 Å². The summed E-state index contributed by atoms with van der Waals surface area (Å²) in [5.74, 6) is -0.188. The molecule has 1 aromatic carbocycles. The summed E-state index contributed by atoms with van der Waals surface area (Å²) in [5, 5.41) is 3.34. The van der Waals surface area contributed by atoms with Crippen molar-refractivity contribution in [2.75, 3.05) is 26.9 Å². The summed E-state index contributed by atoms with van der Waals surface area (Å²) in [6.07, 6.45) is 0. The summed E-state index contributed by atoms with van der Waals surface area (Å²) in [6.45, 7) is 6.42. The van der Waals surface area contributed by atoms with Gasteiger partial charge in [-0.2, -0.15) is 0 Å². The van der Waals surface area contributed by atoms with E-state index in [0.717, 1.165) is 6.54 Å². The van der Waals surface area contributed by atoms with Gasteiger partial charge in [-0.05, 0) is 25.0 Å². The SMILES string of the molecule is COC(=O)C1(CNCc2ccc(C)cc2C)COC1. The van der Waals surface area contributed by atoms with Gasteiger partial charge in [0.2, 0.25) is 0 Å². The van der Waals surface area contributed by atoms with Crippen LogP contribution in [0.25, 0.3) is 0 Å². The Morgan fingerprint density at radius 2 is 2.16 bits per heavy atom. The average Bonchev–Trinajstić information content (AvgIpc) is 2.34. The van der Waals surface area contributed by atoms with E-state index in [-0.39, 0.29) is 5.97 Å². The van der Waals surface area contributed by atoms with Crippen LogP contribution in [0.3, 0.4) is 0 Å². The minimum Gasteiger partial charge on any atom is -0.468 e. The quantitative estimate of drug-likeness (QED) is 0.819. The molecule has 0 unspecified atom stereocenters. The fourth-order valence-corrected chi connectivity index (χ4v) is 2.34. The maximum Gasteiger partial charge on any atom is 0.317 e. The Hall–Kier alpha value is -1.39. The average molecular weight is 263 g/mol. The van der Waals surface area contributed by atoms with Crippen molar-refractivity contribution in [3.8, 4) is 0 Å². The van der Waals surface area contributed by atoms with Crippen molar-refractivity contribution in [3.05, 3.63) is 34.9 Å². The van der Waals surface area contributed by atoms with Crippen molar-refractivity contribution >= 4 is 5.97 Å². The van der Waals surface area contributed by atoms with E-state index in [9.17, 15) is 4.79 Å². The molecule has 104 valence electrons. The Kier molecular flexibility index (Phi) is 4.22. The fraction of sp³-hybridized carbons (Fsp3) is 0.533. The molecule has 0 spiro atoms. The molecular weight excluding hydrogens is 242 g/mol. The Balaban J connectivity index is 1.91. The predicted octanol–water partition coefficient (Wildman–Crippen LogP) is 1.58. The number of hydrogen-bond acceptors (Lipinski definition) is 4. The maximum absolute atomic E-state index is 11.7. The van der Waals surface area contributed by atoms with Crippen LogP contribution in [0, 0.1) is 19.3 Å². The lowest BCUT2D eigenvalue weighted by Gasteiger charge is -2.38. The first-order chi connectivity index (χ1) is 9.07. The minimum absolute atomic E-state index is 0.188. The lowest BCUT2D eigenvalue weighted by molar-refractivity contribution is -0.182. The maximum atomic E-state index is 11.7. The van der Waals surface area contributed by atoms with Gasteiger partial charge >= 0.3 is 5.97 Å². The lowest BCUT2D eigenvalue weighted by Crippen LogP contribution is -2.55. The van der Waals surface area contributed by atoms with Gasteiger partial charge in [-0.15, -0.1) is 0 Å². The number of benzene rings is 1. The molecule has 1 aliphatic heterocycles. The van der Waals surface area contributed by atoms with Gasteiger partial charge in [-0.1, -0.05) is 23.8 Å². The first-order valence-electron chi connectivity index (χ1n) is 6.50. The second-order valence-corrected chi connectivity index (χ2v) is 5.30. The van der Waals surface area contributed by atoms with E-state index in [2.05, 4.69) is 37.4 Å². The highest BCUT2D eigenvalue weighted by Crippen LogP contribution is 2.28. The van der Waals surface area contributed by atoms with Gasteiger partial charge in [0.15, 0.2) is 0 Å². The minimum atomic E-state index is -0.493. The third-order valence-corrected chi connectivity index (χ3v) is 3.65. The number of ether oxygens (including phenoxy) is 2. The molecule has 4 nitrogen and oxygen atoms in total. The highest BCUT2D eigenvalue weighted by atomic mass is 16.5. The molecule has 19 heavy (non-hydrogen) atoms. The first-order valence-corrected chi connectivity index (χ1v) is 6.50. The predicted molar refractivity (Wildman–Crippen MR) is 72.9 cm³/mol. The molecular formula is C15H21NO3. The normalized spacial score (nSPS) is 16.8. The van der Waals surface area contributed by atoms with Gasteiger partial charge in [0.05, 0.1) is 20.3 Å². The third kappa shape index (κ3) is 2.96. The molecule has 1 aliphatic rings. The van der Waals surface area contributed by atoms with Crippen molar-refractivity contribution in [2.45, 2.75) is 20.4 Å². The Labute approximate surface area is 114 Å².